The summed E-state index contributed by atoms with van der Waals surface area (Å²) in [4.78, 5) is 12.6. The van der Waals surface area contributed by atoms with Crippen LogP contribution in [-0.2, 0) is 4.79 Å². The lowest BCUT2D eigenvalue weighted by molar-refractivity contribution is -0.112. The molecule has 2 aromatic carbocycles. The predicted octanol–water partition coefficient (Wildman–Crippen LogP) is 3.47. The van der Waals surface area contributed by atoms with Crippen molar-refractivity contribution in [2.45, 2.75) is 0 Å². The molecule has 0 bridgehead atoms. The molecule has 1 heterocycles. The molecule has 0 amide bonds. The van der Waals surface area contributed by atoms with Crippen molar-refractivity contribution < 1.29 is 13.9 Å². The van der Waals surface area contributed by atoms with Gasteiger partial charge in [0, 0.05) is 29.8 Å². The molecule has 1 saturated heterocycles. The number of methoxy groups -OCH3 is 1. The van der Waals surface area contributed by atoms with Crippen molar-refractivity contribution in [1.82, 2.24) is 5.32 Å². The van der Waals surface area contributed by atoms with Gasteiger partial charge in [-0.25, -0.2) is 4.39 Å². The molecule has 1 aliphatic heterocycles. The standard InChI is InChI=1S/C20H18FNO2/c1-24-18-8-6-14(7-9-18)10-16-12-22-13-17(20(16)23)11-15-4-2-3-5-19(15)21/h2-11,22H,12-13H2,1H3. The van der Waals surface area contributed by atoms with Gasteiger partial charge in [-0.1, -0.05) is 30.3 Å². The predicted molar refractivity (Wildman–Crippen MR) is 93.2 cm³/mol. The fourth-order valence-electron chi connectivity index (χ4n) is 2.61. The van der Waals surface area contributed by atoms with Gasteiger partial charge in [0.05, 0.1) is 7.11 Å². The van der Waals surface area contributed by atoms with E-state index in [-0.39, 0.29) is 11.6 Å². The number of Topliss-reactive ketones (excluding diaryl/α,β-unsaturated/α-hetero) is 1. The van der Waals surface area contributed by atoms with Crippen LogP contribution in [-0.4, -0.2) is 26.0 Å². The summed E-state index contributed by atoms with van der Waals surface area (Å²) in [6.07, 6.45) is 3.47. The summed E-state index contributed by atoms with van der Waals surface area (Å²) in [6.45, 7) is 0.937. The molecule has 0 spiro atoms. The van der Waals surface area contributed by atoms with Gasteiger partial charge in [0.1, 0.15) is 11.6 Å². The lowest BCUT2D eigenvalue weighted by Gasteiger charge is -2.18. The molecule has 3 nitrogen and oxygen atoms in total. The van der Waals surface area contributed by atoms with E-state index in [1.54, 1.807) is 31.4 Å². The molecule has 0 aliphatic carbocycles. The minimum absolute atomic E-state index is 0.0483. The van der Waals surface area contributed by atoms with Crippen molar-refractivity contribution in [3.05, 3.63) is 76.6 Å². The molecule has 0 radical (unpaired) electrons. The van der Waals surface area contributed by atoms with Crippen molar-refractivity contribution in [3.63, 3.8) is 0 Å². The van der Waals surface area contributed by atoms with Crippen LogP contribution in [0.5, 0.6) is 5.75 Å². The largest absolute Gasteiger partial charge is 0.497 e. The number of carbonyl (C=O) groups excluding carboxylic acids is 1. The minimum Gasteiger partial charge on any atom is -0.497 e. The lowest BCUT2D eigenvalue weighted by atomic mass is 9.95. The van der Waals surface area contributed by atoms with Crippen LogP contribution >= 0.6 is 0 Å². The third kappa shape index (κ3) is 3.60. The average Bonchev–Trinajstić information content (AvgIpc) is 2.61. The van der Waals surface area contributed by atoms with E-state index in [0.717, 1.165) is 11.3 Å². The Balaban J connectivity index is 1.87. The van der Waals surface area contributed by atoms with Gasteiger partial charge in [-0.2, -0.15) is 0 Å². The highest BCUT2D eigenvalue weighted by Gasteiger charge is 2.20. The summed E-state index contributed by atoms with van der Waals surface area (Å²) in [7, 11) is 1.61. The fraction of sp³-hybridized carbons (Fsp3) is 0.150. The number of carbonyl (C=O) groups is 1. The normalized spacial score (nSPS) is 18.2. The van der Waals surface area contributed by atoms with Crippen LogP contribution in [0, 0.1) is 5.82 Å². The van der Waals surface area contributed by atoms with Gasteiger partial charge < -0.3 is 10.1 Å². The molecule has 1 aliphatic rings. The summed E-state index contributed by atoms with van der Waals surface area (Å²) in [5, 5.41) is 3.19. The zero-order chi connectivity index (χ0) is 16.9. The second kappa shape index (κ2) is 7.23. The van der Waals surface area contributed by atoms with Gasteiger partial charge in [-0.05, 0) is 35.9 Å². The van der Waals surface area contributed by atoms with Crippen LogP contribution < -0.4 is 10.1 Å². The molecule has 24 heavy (non-hydrogen) atoms. The number of piperidine rings is 1. The second-order valence-corrected chi connectivity index (χ2v) is 5.57. The first-order valence-corrected chi connectivity index (χ1v) is 7.72. The smallest absolute Gasteiger partial charge is 0.187 e. The van der Waals surface area contributed by atoms with Crippen LogP contribution in [0.25, 0.3) is 12.2 Å². The number of ketones is 1. The van der Waals surface area contributed by atoms with Crippen LogP contribution in [0.3, 0.4) is 0 Å². The fourth-order valence-corrected chi connectivity index (χ4v) is 2.61. The Labute approximate surface area is 140 Å². The quantitative estimate of drug-likeness (QED) is 0.879. The van der Waals surface area contributed by atoms with Crippen molar-refractivity contribution in [2.24, 2.45) is 0 Å². The Morgan fingerprint density at radius 1 is 1.00 bits per heavy atom. The van der Waals surface area contributed by atoms with Crippen molar-refractivity contribution in [3.8, 4) is 5.75 Å². The minimum atomic E-state index is -0.330. The van der Waals surface area contributed by atoms with E-state index >= 15 is 0 Å². The Morgan fingerprint density at radius 2 is 1.67 bits per heavy atom. The van der Waals surface area contributed by atoms with Crippen molar-refractivity contribution >= 4 is 17.9 Å². The SMILES string of the molecule is COc1ccc(C=C2CNCC(=Cc3ccccc3F)C2=O)cc1. The maximum Gasteiger partial charge on any atom is 0.187 e. The van der Waals surface area contributed by atoms with Crippen LogP contribution in [0.4, 0.5) is 4.39 Å². The molecular weight excluding hydrogens is 305 g/mol. The van der Waals surface area contributed by atoms with E-state index in [1.165, 1.54) is 6.07 Å². The number of rotatable bonds is 3. The molecule has 4 heteroatoms. The summed E-state index contributed by atoms with van der Waals surface area (Å²) in [5.41, 5.74) is 2.57. The highest BCUT2D eigenvalue weighted by molar-refractivity contribution is 6.14. The van der Waals surface area contributed by atoms with E-state index in [0.29, 0.717) is 29.8 Å². The Bertz CT molecular complexity index is 807. The molecule has 122 valence electrons. The monoisotopic (exact) mass is 323 g/mol. The highest BCUT2D eigenvalue weighted by atomic mass is 19.1. The molecule has 0 saturated carbocycles. The molecule has 0 unspecified atom stereocenters. The number of hydrogen-bond donors (Lipinski definition) is 1. The van der Waals surface area contributed by atoms with Crippen molar-refractivity contribution in [2.75, 3.05) is 20.2 Å². The Hall–Kier alpha value is -2.72. The van der Waals surface area contributed by atoms with Gasteiger partial charge in [-0.15, -0.1) is 0 Å². The zero-order valence-corrected chi connectivity index (χ0v) is 13.4. The first-order valence-electron chi connectivity index (χ1n) is 7.72. The van der Waals surface area contributed by atoms with Crippen LogP contribution in [0.1, 0.15) is 11.1 Å². The number of halogens is 1. The van der Waals surface area contributed by atoms with E-state index in [4.69, 9.17) is 4.74 Å². The number of ether oxygens (including phenoxy) is 1. The molecule has 3 rings (SSSR count). The number of hydrogen-bond acceptors (Lipinski definition) is 3. The van der Waals surface area contributed by atoms with Gasteiger partial charge in [-0.3, -0.25) is 4.79 Å². The van der Waals surface area contributed by atoms with Gasteiger partial charge >= 0.3 is 0 Å². The maximum atomic E-state index is 13.8. The molecule has 2 aromatic rings. The van der Waals surface area contributed by atoms with E-state index in [2.05, 4.69) is 5.32 Å². The van der Waals surface area contributed by atoms with E-state index in [9.17, 15) is 9.18 Å². The summed E-state index contributed by atoms with van der Waals surface area (Å²) < 4.78 is 18.9. The summed E-state index contributed by atoms with van der Waals surface area (Å²) in [6, 6.07) is 13.9. The van der Waals surface area contributed by atoms with Gasteiger partial charge in [0.15, 0.2) is 5.78 Å². The Morgan fingerprint density at radius 3 is 2.33 bits per heavy atom. The molecule has 1 fully saturated rings. The maximum absolute atomic E-state index is 13.8. The first-order chi connectivity index (χ1) is 11.7. The third-order valence-electron chi connectivity index (χ3n) is 3.91. The third-order valence-corrected chi connectivity index (χ3v) is 3.91. The zero-order valence-electron chi connectivity index (χ0n) is 13.4. The number of benzene rings is 2. The lowest BCUT2D eigenvalue weighted by Crippen LogP contribution is -2.32. The number of nitrogens with one attached hydrogen (secondary N) is 1. The van der Waals surface area contributed by atoms with Crippen molar-refractivity contribution in [1.29, 1.82) is 0 Å². The van der Waals surface area contributed by atoms with Gasteiger partial charge in [0.2, 0.25) is 0 Å². The summed E-state index contributed by atoms with van der Waals surface area (Å²) >= 11 is 0. The Kier molecular flexibility index (Phi) is 4.87. The highest BCUT2D eigenvalue weighted by Crippen LogP contribution is 2.20. The van der Waals surface area contributed by atoms with Crippen LogP contribution in [0.15, 0.2) is 59.7 Å². The second-order valence-electron chi connectivity index (χ2n) is 5.57. The van der Waals surface area contributed by atoms with E-state index in [1.807, 2.05) is 30.3 Å². The molecule has 0 aromatic heterocycles. The van der Waals surface area contributed by atoms with Crippen LogP contribution in [0.2, 0.25) is 0 Å². The average molecular weight is 323 g/mol. The molecular formula is C20H18FNO2. The van der Waals surface area contributed by atoms with Gasteiger partial charge in [0.25, 0.3) is 0 Å². The first kappa shape index (κ1) is 16.1. The topological polar surface area (TPSA) is 38.3 Å². The molecule has 1 N–H and O–H groups in total. The molecule has 0 atom stereocenters. The summed E-state index contributed by atoms with van der Waals surface area (Å²) in [5.74, 6) is 0.391. The van der Waals surface area contributed by atoms with E-state index < -0.39 is 0 Å².